The van der Waals surface area contributed by atoms with Gasteiger partial charge in [0.05, 0.1) is 0 Å². The molecule has 5 nitrogen and oxygen atoms in total. The van der Waals surface area contributed by atoms with E-state index in [9.17, 15) is 14.7 Å². The number of rotatable bonds is 13. The highest BCUT2D eigenvalue weighted by molar-refractivity contribution is 7.98. The normalized spacial score (nSPS) is 12.1. The van der Waals surface area contributed by atoms with Crippen LogP contribution in [0.4, 0.5) is 0 Å². The summed E-state index contributed by atoms with van der Waals surface area (Å²) in [5, 5.41) is 12.2. The van der Waals surface area contributed by atoms with Gasteiger partial charge in [-0.25, -0.2) is 4.79 Å². The number of carbonyl (C=O) groups excluding carboxylic acids is 1. The number of aliphatic carboxylic acids is 1. The van der Waals surface area contributed by atoms with Gasteiger partial charge < -0.3 is 15.2 Å². The standard InChI is InChI=1S/C29H37NO4S/c1-20(2)9-8-10-21(3)15-17-34-23-13-14-25(26(19-23)24-12-7-6-11-22(24)4)28(31)30-27(29(32)33)16-18-35-5/h6-7,9,11-15,19,27H,8,10,16-18H2,1-5H3,(H,30,31)(H,32,33)/b21-15+/t27-/m0/s1. The zero-order valence-corrected chi connectivity index (χ0v) is 22.2. The summed E-state index contributed by atoms with van der Waals surface area (Å²) >= 11 is 1.55. The molecule has 6 heteroatoms. The molecule has 2 N–H and O–H groups in total. The number of amides is 1. The van der Waals surface area contributed by atoms with Gasteiger partial charge in [-0.2, -0.15) is 11.8 Å². The molecule has 0 aliphatic rings. The Morgan fingerprint density at radius 3 is 2.49 bits per heavy atom. The highest BCUT2D eigenvalue weighted by Crippen LogP contribution is 2.31. The van der Waals surface area contributed by atoms with Crippen LogP contribution in [-0.4, -0.2) is 41.6 Å². The maximum Gasteiger partial charge on any atom is 0.326 e. The minimum absolute atomic E-state index is 0.364. The molecule has 35 heavy (non-hydrogen) atoms. The van der Waals surface area contributed by atoms with Crippen LogP contribution in [0.15, 0.2) is 65.8 Å². The van der Waals surface area contributed by atoms with Gasteiger partial charge in [0.2, 0.25) is 0 Å². The molecule has 0 bridgehead atoms. The molecule has 2 rings (SSSR count). The minimum atomic E-state index is -1.03. The molecular weight excluding hydrogens is 458 g/mol. The first kappa shape index (κ1) is 28.2. The molecule has 0 aliphatic heterocycles. The molecule has 2 aromatic rings. The van der Waals surface area contributed by atoms with Crippen molar-refractivity contribution in [1.82, 2.24) is 5.32 Å². The minimum Gasteiger partial charge on any atom is -0.490 e. The molecular formula is C29H37NO4S. The summed E-state index contributed by atoms with van der Waals surface area (Å²) < 4.78 is 5.99. The predicted octanol–water partition coefficient (Wildman–Crippen LogP) is 6.67. The van der Waals surface area contributed by atoms with Crippen molar-refractivity contribution in [3.8, 4) is 16.9 Å². The Labute approximate surface area is 213 Å². The zero-order valence-electron chi connectivity index (χ0n) is 21.4. The van der Waals surface area contributed by atoms with Crippen molar-refractivity contribution >= 4 is 23.6 Å². The Hall–Kier alpha value is -2.99. The number of benzene rings is 2. The van der Waals surface area contributed by atoms with Crippen molar-refractivity contribution in [1.29, 1.82) is 0 Å². The quantitative estimate of drug-likeness (QED) is 0.304. The molecule has 0 saturated carbocycles. The number of carbonyl (C=O) groups is 2. The lowest BCUT2D eigenvalue weighted by Crippen LogP contribution is -2.41. The van der Waals surface area contributed by atoms with E-state index in [1.165, 1.54) is 11.1 Å². The summed E-state index contributed by atoms with van der Waals surface area (Å²) in [6, 6.07) is 12.2. The van der Waals surface area contributed by atoms with Crippen LogP contribution in [0.25, 0.3) is 11.1 Å². The van der Waals surface area contributed by atoms with E-state index in [4.69, 9.17) is 4.74 Å². The Morgan fingerprint density at radius 1 is 1.09 bits per heavy atom. The molecule has 2 aromatic carbocycles. The van der Waals surface area contributed by atoms with Crippen LogP contribution in [-0.2, 0) is 4.79 Å². The van der Waals surface area contributed by atoms with Gasteiger partial charge in [0.1, 0.15) is 18.4 Å². The smallest absolute Gasteiger partial charge is 0.326 e. The Morgan fingerprint density at radius 2 is 1.83 bits per heavy atom. The average molecular weight is 496 g/mol. The Kier molecular flexibility index (Phi) is 11.6. The molecule has 0 spiro atoms. The van der Waals surface area contributed by atoms with Crippen LogP contribution in [0.1, 0.15) is 56.0 Å². The predicted molar refractivity (Wildman–Crippen MR) is 146 cm³/mol. The molecule has 0 radical (unpaired) electrons. The lowest BCUT2D eigenvalue weighted by Gasteiger charge is -2.17. The second-order valence-electron chi connectivity index (χ2n) is 8.85. The van der Waals surface area contributed by atoms with E-state index in [1.54, 1.807) is 23.9 Å². The number of hydrogen-bond donors (Lipinski definition) is 2. The Balaban J connectivity index is 2.27. The first-order chi connectivity index (χ1) is 16.7. The van der Waals surface area contributed by atoms with E-state index in [2.05, 4.69) is 38.2 Å². The summed E-state index contributed by atoms with van der Waals surface area (Å²) in [5.74, 6) is -0.129. The van der Waals surface area contributed by atoms with Crippen LogP contribution in [0.2, 0.25) is 0 Å². The summed E-state index contributed by atoms with van der Waals surface area (Å²) in [7, 11) is 0. The van der Waals surface area contributed by atoms with E-state index in [1.807, 2.05) is 43.5 Å². The maximum atomic E-state index is 13.2. The summed E-state index contributed by atoms with van der Waals surface area (Å²) in [6.45, 7) is 8.73. The van der Waals surface area contributed by atoms with Crippen LogP contribution >= 0.6 is 11.8 Å². The number of nitrogens with one attached hydrogen (secondary N) is 1. The number of ether oxygens (including phenoxy) is 1. The second kappa shape index (κ2) is 14.4. The third-order valence-corrected chi connectivity index (χ3v) is 6.30. The molecule has 0 fully saturated rings. The van der Waals surface area contributed by atoms with Gasteiger partial charge in [-0.15, -0.1) is 0 Å². The van der Waals surface area contributed by atoms with Crippen molar-refractivity contribution in [3.05, 3.63) is 76.9 Å². The number of carboxylic acids is 1. The van der Waals surface area contributed by atoms with Crippen molar-refractivity contribution in [3.63, 3.8) is 0 Å². The van der Waals surface area contributed by atoms with E-state index in [0.29, 0.717) is 30.1 Å². The van der Waals surface area contributed by atoms with Crippen molar-refractivity contribution in [2.45, 2.75) is 53.0 Å². The SMILES string of the molecule is CSCC[C@H](NC(=O)c1ccc(OC/C=C(\C)CCC=C(C)C)cc1-c1ccccc1C)C(=O)O. The fraction of sp³-hybridized carbons (Fsp3) is 0.379. The molecule has 1 amide bonds. The van der Waals surface area contributed by atoms with Crippen molar-refractivity contribution in [2.24, 2.45) is 0 Å². The van der Waals surface area contributed by atoms with Crippen LogP contribution in [0, 0.1) is 6.92 Å². The topological polar surface area (TPSA) is 75.6 Å². The van der Waals surface area contributed by atoms with Gasteiger partial charge in [0.15, 0.2) is 0 Å². The van der Waals surface area contributed by atoms with Gasteiger partial charge in [0.25, 0.3) is 5.91 Å². The molecule has 0 aliphatic carbocycles. The molecule has 0 saturated heterocycles. The maximum absolute atomic E-state index is 13.2. The average Bonchev–Trinajstić information content (AvgIpc) is 2.81. The van der Waals surface area contributed by atoms with Crippen LogP contribution < -0.4 is 10.1 Å². The van der Waals surface area contributed by atoms with Crippen molar-refractivity contribution in [2.75, 3.05) is 18.6 Å². The fourth-order valence-corrected chi connectivity index (χ4v) is 4.08. The fourth-order valence-electron chi connectivity index (χ4n) is 3.61. The van der Waals surface area contributed by atoms with Gasteiger partial charge in [-0.3, -0.25) is 4.79 Å². The summed E-state index contributed by atoms with van der Waals surface area (Å²) in [6.07, 6.45) is 8.59. The van der Waals surface area contributed by atoms with E-state index in [-0.39, 0.29) is 0 Å². The first-order valence-electron chi connectivity index (χ1n) is 11.9. The van der Waals surface area contributed by atoms with Gasteiger partial charge in [0, 0.05) is 5.56 Å². The molecule has 0 aromatic heterocycles. The summed E-state index contributed by atoms with van der Waals surface area (Å²) in [5.41, 5.74) is 5.66. The monoisotopic (exact) mass is 495 g/mol. The number of hydrogen-bond acceptors (Lipinski definition) is 4. The second-order valence-corrected chi connectivity index (χ2v) is 9.84. The lowest BCUT2D eigenvalue weighted by molar-refractivity contribution is -0.139. The molecule has 1 atom stereocenters. The van der Waals surface area contributed by atoms with Crippen LogP contribution in [0.3, 0.4) is 0 Å². The zero-order chi connectivity index (χ0) is 25.8. The third kappa shape index (κ3) is 9.29. The van der Waals surface area contributed by atoms with Gasteiger partial charge in [-0.1, -0.05) is 41.5 Å². The first-order valence-corrected chi connectivity index (χ1v) is 13.3. The lowest BCUT2D eigenvalue weighted by atomic mass is 9.95. The molecule has 0 heterocycles. The van der Waals surface area contributed by atoms with Gasteiger partial charge in [-0.05, 0) is 99.9 Å². The van der Waals surface area contributed by atoms with Crippen molar-refractivity contribution < 1.29 is 19.4 Å². The Bertz CT molecular complexity index is 1070. The van der Waals surface area contributed by atoms with E-state index < -0.39 is 17.9 Å². The number of thioether (sulfide) groups is 1. The van der Waals surface area contributed by atoms with E-state index in [0.717, 1.165) is 29.5 Å². The van der Waals surface area contributed by atoms with Gasteiger partial charge >= 0.3 is 5.97 Å². The highest BCUT2D eigenvalue weighted by atomic mass is 32.2. The molecule has 0 unspecified atom stereocenters. The number of carboxylic acid groups (broad SMARTS) is 1. The number of allylic oxidation sites excluding steroid dienone is 3. The van der Waals surface area contributed by atoms with Crippen LogP contribution in [0.5, 0.6) is 5.75 Å². The van der Waals surface area contributed by atoms with E-state index >= 15 is 0 Å². The highest BCUT2D eigenvalue weighted by Gasteiger charge is 2.22. The number of aryl methyl sites for hydroxylation is 1. The largest absolute Gasteiger partial charge is 0.490 e. The summed E-state index contributed by atoms with van der Waals surface area (Å²) in [4.78, 5) is 24.8. The molecule has 188 valence electrons. The third-order valence-electron chi connectivity index (χ3n) is 5.66.